The molecular formula is C20H30N2O2. The Labute approximate surface area is 145 Å². The number of aliphatic hydroxyl groups is 1. The summed E-state index contributed by atoms with van der Waals surface area (Å²) in [4.78, 5) is 14.3. The molecule has 132 valence electrons. The molecule has 2 aliphatic rings. The highest BCUT2D eigenvalue weighted by Crippen LogP contribution is 2.26. The Morgan fingerprint density at radius 1 is 1.21 bits per heavy atom. The minimum absolute atomic E-state index is 0.102. The van der Waals surface area contributed by atoms with Gasteiger partial charge in [0, 0.05) is 32.6 Å². The number of aliphatic hydroxyl groups excluding tert-OH is 1. The lowest BCUT2D eigenvalue weighted by atomic mass is 9.87. The number of benzene rings is 1. The molecule has 0 spiro atoms. The lowest BCUT2D eigenvalue weighted by Gasteiger charge is -2.30. The molecule has 4 heteroatoms. The minimum atomic E-state index is -0.495. The normalized spacial score (nSPS) is 20.4. The van der Waals surface area contributed by atoms with Crippen LogP contribution in [0.3, 0.4) is 0 Å². The summed E-state index contributed by atoms with van der Waals surface area (Å²) in [6.45, 7) is 2.86. The van der Waals surface area contributed by atoms with Gasteiger partial charge in [-0.15, -0.1) is 0 Å². The molecule has 1 fully saturated rings. The highest BCUT2D eigenvalue weighted by molar-refractivity contribution is 5.76. The van der Waals surface area contributed by atoms with Gasteiger partial charge in [-0.3, -0.25) is 9.69 Å². The highest BCUT2D eigenvalue weighted by Gasteiger charge is 2.20. The van der Waals surface area contributed by atoms with Crippen molar-refractivity contribution in [3.63, 3.8) is 0 Å². The van der Waals surface area contributed by atoms with Gasteiger partial charge in [0.25, 0.3) is 0 Å². The summed E-state index contributed by atoms with van der Waals surface area (Å²) in [6.07, 6.45) is 7.38. The number of amides is 1. The molecule has 1 aromatic rings. The van der Waals surface area contributed by atoms with Gasteiger partial charge in [0.05, 0.1) is 6.10 Å². The van der Waals surface area contributed by atoms with Gasteiger partial charge in [-0.05, 0) is 36.3 Å². The number of rotatable bonds is 6. The van der Waals surface area contributed by atoms with Crippen LogP contribution in [0.5, 0.6) is 0 Å². The molecule has 0 unspecified atom stereocenters. The van der Waals surface area contributed by atoms with E-state index in [1.165, 1.54) is 43.2 Å². The van der Waals surface area contributed by atoms with Gasteiger partial charge in [-0.1, -0.05) is 43.5 Å². The second kappa shape index (κ2) is 8.63. The molecule has 1 atom stereocenters. The Hall–Kier alpha value is -1.39. The molecule has 0 bridgehead atoms. The maximum absolute atomic E-state index is 12.0. The average Bonchev–Trinajstić information content (AvgIpc) is 2.61. The van der Waals surface area contributed by atoms with Crippen molar-refractivity contribution < 1.29 is 9.90 Å². The van der Waals surface area contributed by atoms with Crippen molar-refractivity contribution >= 4 is 5.91 Å². The van der Waals surface area contributed by atoms with E-state index in [-0.39, 0.29) is 5.91 Å². The predicted molar refractivity (Wildman–Crippen MR) is 95.6 cm³/mol. The fraction of sp³-hybridized carbons (Fsp3) is 0.650. The van der Waals surface area contributed by atoms with Crippen molar-refractivity contribution in [1.82, 2.24) is 10.2 Å². The summed E-state index contributed by atoms with van der Waals surface area (Å²) in [5.74, 6) is 0.652. The molecule has 1 amide bonds. The molecule has 24 heavy (non-hydrogen) atoms. The van der Waals surface area contributed by atoms with E-state index in [1.54, 1.807) is 0 Å². The SMILES string of the molecule is O=C(CC1CCCCC1)NC[C@@H](O)CN1CCc2ccccc2C1. The number of carbonyl (C=O) groups excluding carboxylic acids is 1. The molecular weight excluding hydrogens is 300 g/mol. The smallest absolute Gasteiger partial charge is 0.220 e. The largest absolute Gasteiger partial charge is 0.390 e. The first-order chi connectivity index (χ1) is 11.7. The summed E-state index contributed by atoms with van der Waals surface area (Å²) >= 11 is 0. The first-order valence-electron chi connectivity index (χ1n) is 9.44. The van der Waals surface area contributed by atoms with Crippen LogP contribution in [0.2, 0.25) is 0 Å². The van der Waals surface area contributed by atoms with Crippen LogP contribution in [0, 0.1) is 5.92 Å². The Balaban J connectivity index is 1.36. The predicted octanol–water partition coefficient (Wildman–Crippen LogP) is 2.49. The first-order valence-corrected chi connectivity index (χ1v) is 9.44. The summed E-state index contributed by atoms with van der Waals surface area (Å²) in [5, 5.41) is 13.2. The van der Waals surface area contributed by atoms with E-state index in [0.717, 1.165) is 19.5 Å². The summed E-state index contributed by atoms with van der Waals surface area (Å²) in [5.41, 5.74) is 2.78. The van der Waals surface area contributed by atoms with Crippen molar-refractivity contribution in [2.24, 2.45) is 5.92 Å². The fourth-order valence-corrected chi connectivity index (χ4v) is 4.03. The van der Waals surface area contributed by atoms with Gasteiger partial charge in [-0.2, -0.15) is 0 Å². The standard InChI is InChI=1S/C20H30N2O2/c23-19(13-21-20(24)12-16-6-2-1-3-7-16)15-22-11-10-17-8-4-5-9-18(17)14-22/h4-5,8-9,16,19,23H,1-3,6-7,10-15H2,(H,21,24)/t19-/m1/s1. The van der Waals surface area contributed by atoms with Crippen LogP contribution < -0.4 is 5.32 Å². The van der Waals surface area contributed by atoms with Crippen LogP contribution in [0.15, 0.2) is 24.3 Å². The molecule has 0 radical (unpaired) electrons. The Morgan fingerprint density at radius 3 is 2.75 bits per heavy atom. The van der Waals surface area contributed by atoms with Gasteiger partial charge >= 0.3 is 0 Å². The van der Waals surface area contributed by atoms with Crippen molar-refractivity contribution in [3.8, 4) is 0 Å². The molecule has 3 rings (SSSR count). The lowest BCUT2D eigenvalue weighted by molar-refractivity contribution is -0.122. The molecule has 0 saturated heterocycles. The van der Waals surface area contributed by atoms with E-state index in [1.807, 2.05) is 0 Å². The van der Waals surface area contributed by atoms with Crippen LogP contribution in [-0.2, 0) is 17.8 Å². The highest BCUT2D eigenvalue weighted by atomic mass is 16.3. The summed E-state index contributed by atoms with van der Waals surface area (Å²) < 4.78 is 0. The number of carbonyl (C=O) groups is 1. The van der Waals surface area contributed by atoms with Crippen LogP contribution in [0.1, 0.15) is 49.7 Å². The van der Waals surface area contributed by atoms with Crippen LogP contribution in [0.4, 0.5) is 0 Å². The molecule has 0 aromatic heterocycles. The second-order valence-corrected chi connectivity index (χ2v) is 7.42. The van der Waals surface area contributed by atoms with E-state index < -0.39 is 6.10 Å². The maximum atomic E-state index is 12.0. The molecule has 1 aliphatic carbocycles. The Kier molecular flexibility index (Phi) is 6.27. The molecule has 1 heterocycles. The summed E-state index contributed by atoms with van der Waals surface area (Å²) in [6, 6.07) is 8.52. The average molecular weight is 330 g/mol. The van der Waals surface area contributed by atoms with Crippen molar-refractivity contribution in [2.75, 3.05) is 19.6 Å². The third-order valence-corrected chi connectivity index (χ3v) is 5.41. The Morgan fingerprint density at radius 2 is 1.96 bits per heavy atom. The van der Waals surface area contributed by atoms with Crippen LogP contribution >= 0.6 is 0 Å². The van der Waals surface area contributed by atoms with Gasteiger partial charge < -0.3 is 10.4 Å². The molecule has 2 N–H and O–H groups in total. The Bertz CT molecular complexity index is 540. The summed E-state index contributed by atoms with van der Waals surface area (Å²) in [7, 11) is 0. The second-order valence-electron chi connectivity index (χ2n) is 7.42. The molecule has 1 aromatic carbocycles. The number of hydrogen-bond acceptors (Lipinski definition) is 3. The van der Waals surface area contributed by atoms with Crippen molar-refractivity contribution in [1.29, 1.82) is 0 Å². The molecule has 4 nitrogen and oxygen atoms in total. The monoisotopic (exact) mass is 330 g/mol. The van der Waals surface area contributed by atoms with Gasteiger partial charge in [-0.25, -0.2) is 0 Å². The zero-order chi connectivity index (χ0) is 16.8. The fourth-order valence-electron chi connectivity index (χ4n) is 4.03. The number of β-amino-alcohol motifs (C(OH)–C–C–N with tert-alkyl or cyclic N) is 1. The van der Waals surface area contributed by atoms with Crippen LogP contribution in [-0.4, -0.2) is 41.7 Å². The number of hydrogen-bond donors (Lipinski definition) is 2. The van der Waals surface area contributed by atoms with Crippen LogP contribution in [0.25, 0.3) is 0 Å². The first kappa shape index (κ1) is 17.4. The zero-order valence-corrected chi connectivity index (χ0v) is 14.5. The van der Waals surface area contributed by atoms with Gasteiger partial charge in [0.1, 0.15) is 0 Å². The van der Waals surface area contributed by atoms with Crippen molar-refractivity contribution in [2.45, 2.75) is 57.6 Å². The third-order valence-electron chi connectivity index (χ3n) is 5.41. The van der Waals surface area contributed by atoms with Crippen molar-refractivity contribution in [3.05, 3.63) is 35.4 Å². The number of nitrogens with one attached hydrogen (secondary N) is 1. The van der Waals surface area contributed by atoms with E-state index in [4.69, 9.17) is 0 Å². The zero-order valence-electron chi connectivity index (χ0n) is 14.5. The third kappa shape index (κ3) is 5.05. The number of fused-ring (bicyclic) bond motifs is 1. The molecule has 1 aliphatic heterocycles. The van der Waals surface area contributed by atoms with E-state index in [2.05, 4.69) is 34.5 Å². The number of nitrogens with zero attached hydrogens (tertiary/aromatic N) is 1. The van der Waals surface area contributed by atoms with E-state index in [0.29, 0.717) is 25.4 Å². The quantitative estimate of drug-likeness (QED) is 0.842. The van der Waals surface area contributed by atoms with E-state index in [9.17, 15) is 9.90 Å². The minimum Gasteiger partial charge on any atom is -0.390 e. The maximum Gasteiger partial charge on any atom is 0.220 e. The van der Waals surface area contributed by atoms with E-state index >= 15 is 0 Å². The van der Waals surface area contributed by atoms with Gasteiger partial charge in [0.2, 0.25) is 5.91 Å². The molecule has 1 saturated carbocycles. The lowest BCUT2D eigenvalue weighted by Crippen LogP contribution is -2.42. The van der Waals surface area contributed by atoms with Gasteiger partial charge in [0.15, 0.2) is 0 Å². The topological polar surface area (TPSA) is 52.6 Å².